The van der Waals surface area contributed by atoms with Crippen LogP contribution in [0.25, 0.3) is 0 Å². The molecule has 0 aliphatic carbocycles. The van der Waals surface area contributed by atoms with E-state index in [1.165, 1.54) is 116 Å². The molecule has 17 nitrogen and oxygen atoms in total. The summed E-state index contributed by atoms with van der Waals surface area (Å²) in [4.78, 5) is 71.9. The highest BCUT2D eigenvalue weighted by molar-refractivity contribution is 7.47. The van der Waals surface area contributed by atoms with E-state index in [1.54, 1.807) is 0 Å². The fourth-order valence-electron chi connectivity index (χ4n) is 8.84. The molecule has 0 aromatic rings. The van der Waals surface area contributed by atoms with Crippen LogP contribution >= 0.6 is 15.6 Å². The molecule has 0 bridgehead atoms. The van der Waals surface area contributed by atoms with Gasteiger partial charge in [0.2, 0.25) is 0 Å². The molecule has 468 valence electrons. The smallest absolute Gasteiger partial charge is 0.462 e. The molecule has 0 amide bonds. The Labute approximate surface area is 479 Å². The number of phosphoric ester groups is 2. The van der Waals surface area contributed by atoms with Crippen molar-refractivity contribution in [1.29, 1.82) is 0 Å². The molecule has 0 aliphatic heterocycles. The molecular formula is C60H116O17P2. The Morgan fingerprint density at radius 1 is 0.354 bits per heavy atom. The highest BCUT2D eigenvalue weighted by Gasteiger charge is 2.30. The fourth-order valence-corrected chi connectivity index (χ4v) is 10.4. The summed E-state index contributed by atoms with van der Waals surface area (Å²) in [6.45, 7) is 7.11. The summed E-state index contributed by atoms with van der Waals surface area (Å²) in [6, 6.07) is 0. The van der Waals surface area contributed by atoms with Gasteiger partial charge in [-0.05, 0) is 31.6 Å². The first-order valence-electron chi connectivity index (χ1n) is 31.7. The Morgan fingerprint density at radius 3 is 0.899 bits per heavy atom. The third-order valence-electron chi connectivity index (χ3n) is 14.1. The van der Waals surface area contributed by atoms with Crippen molar-refractivity contribution < 1.29 is 80.2 Å². The summed E-state index contributed by atoms with van der Waals surface area (Å²) in [5, 5.41) is 10.5. The van der Waals surface area contributed by atoms with Crippen LogP contribution in [0.3, 0.4) is 0 Å². The summed E-state index contributed by atoms with van der Waals surface area (Å²) in [7, 11) is -9.87. The van der Waals surface area contributed by atoms with E-state index in [9.17, 15) is 43.2 Å². The SMILES string of the molecule is CCCCCCCCCCCCC(=O)OC[C@H](COP(=O)(O)OC[C@@H](O)COP(=O)(O)OC[C@@H](COC(=O)CCCCCCCCCC)OC(=O)CCCCCCCCCCC)OC(=O)CCCCCCCCCCC(C)CC. The second-order valence-electron chi connectivity index (χ2n) is 22.0. The standard InChI is InChI=1S/C60H116O17P2/c1-6-10-13-16-19-22-24-29-34-39-44-58(63)71-50-56(77-60(65)46-41-36-31-26-25-27-32-37-42-53(5)9-4)52-75-79(68,69)73-48-54(61)47-72-78(66,67)74-51-55(49-70-57(62)43-38-33-28-21-18-15-12-8-3)76-59(64)45-40-35-30-23-20-17-14-11-7-2/h53-56,61H,6-52H2,1-5H3,(H,66,67)(H,68,69)/t53?,54-,55+,56+/m0/s1. The van der Waals surface area contributed by atoms with Crippen molar-refractivity contribution >= 4 is 39.5 Å². The van der Waals surface area contributed by atoms with Gasteiger partial charge in [0, 0.05) is 25.7 Å². The Bertz CT molecular complexity index is 1550. The molecule has 3 unspecified atom stereocenters. The van der Waals surface area contributed by atoms with Crippen LogP contribution in [0.15, 0.2) is 0 Å². The van der Waals surface area contributed by atoms with Gasteiger partial charge in [0.1, 0.15) is 19.3 Å². The zero-order chi connectivity index (χ0) is 58.5. The monoisotopic (exact) mass is 1170 g/mol. The van der Waals surface area contributed by atoms with Crippen LogP contribution in [0.1, 0.15) is 298 Å². The maximum atomic E-state index is 12.9. The van der Waals surface area contributed by atoms with Crippen LogP contribution in [0.5, 0.6) is 0 Å². The average Bonchev–Trinajstić information content (AvgIpc) is 3.42. The Morgan fingerprint density at radius 2 is 0.608 bits per heavy atom. The molecule has 0 aromatic heterocycles. The molecule has 0 saturated heterocycles. The van der Waals surface area contributed by atoms with E-state index in [2.05, 4.69) is 34.6 Å². The number of phosphoric acid groups is 2. The molecule has 6 atom stereocenters. The molecule has 0 aliphatic rings. The summed E-state index contributed by atoms with van der Waals surface area (Å²) in [5.74, 6) is -1.37. The number of esters is 4. The summed E-state index contributed by atoms with van der Waals surface area (Å²) in [5.41, 5.74) is 0. The lowest BCUT2D eigenvalue weighted by atomic mass is 9.99. The Balaban J connectivity index is 5.23. The van der Waals surface area contributed by atoms with Crippen LogP contribution in [0, 0.1) is 5.92 Å². The van der Waals surface area contributed by atoms with Crippen molar-refractivity contribution in [2.45, 2.75) is 316 Å². The molecule has 0 saturated carbocycles. The number of unbranched alkanes of at least 4 members (excludes halogenated alkanes) is 31. The summed E-state index contributed by atoms with van der Waals surface area (Å²) < 4.78 is 67.7. The number of hydrogen-bond donors (Lipinski definition) is 3. The van der Waals surface area contributed by atoms with Gasteiger partial charge in [-0.25, -0.2) is 9.13 Å². The van der Waals surface area contributed by atoms with Gasteiger partial charge in [-0.15, -0.1) is 0 Å². The van der Waals surface area contributed by atoms with E-state index >= 15 is 0 Å². The maximum Gasteiger partial charge on any atom is 0.472 e. The second kappa shape index (κ2) is 54.0. The van der Waals surface area contributed by atoms with Crippen molar-refractivity contribution in [3.05, 3.63) is 0 Å². The van der Waals surface area contributed by atoms with Gasteiger partial charge in [-0.3, -0.25) is 37.3 Å². The lowest BCUT2D eigenvalue weighted by molar-refractivity contribution is -0.161. The molecule has 0 radical (unpaired) electrons. The molecule has 19 heteroatoms. The van der Waals surface area contributed by atoms with Crippen molar-refractivity contribution in [1.82, 2.24) is 0 Å². The molecule has 79 heavy (non-hydrogen) atoms. The highest BCUT2D eigenvalue weighted by atomic mass is 31.2. The van der Waals surface area contributed by atoms with Crippen molar-refractivity contribution in [3.63, 3.8) is 0 Å². The first-order chi connectivity index (χ1) is 38.1. The van der Waals surface area contributed by atoms with Crippen LogP contribution < -0.4 is 0 Å². The Hall–Kier alpha value is -1.94. The quantitative estimate of drug-likeness (QED) is 0.0222. The van der Waals surface area contributed by atoms with Gasteiger partial charge < -0.3 is 33.8 Å². The normalized spacial score (nSPS) is 14.7. The molecule has 0 rings (SSSR count). The molecule has 0 spiro atoms. The van der Waals surface area contributed by atoms with E-state index in [-0.39, 0.29) is 25.7 Å². The predicted octanol–water partition coefficient (Wildman–Crippen LogP) is 16.2. The number of carbonyl (C=O) groups excluding carboxylic acids is 4. The number of hydrogen-bond acceptors (Lipinski definition) is 15. The van der Waals surface area contributed by atoms with E-state index < -0.39 is 97.5 Å². The van der Waals surface area contributed by atoms with E-state index in [0.717, 1.165) is 102 Å². The lowest BCUT2D eigenvalue weighted by Crippen LogP contribution is -2.30. The zero-order valence-electron chi connectivity index (χ0n) is 50.5. The Kier molecular flexibility index (Phi) is 52.7. The van der Waals surface area contributed by atoms with Crippen LogP contribution in [-0.4, -0.2) is 96.7 Å². The zero-order valence-corrected chi connectivity index (χ0v) is 52.3. The van der Waals surface area contributed by atoms with Crippen LogP contribution in [0.2, 0.25) is 0 Å². The summed E-state index contributed by atoms with van der Waals surface area (Å²) in [6.07, 6.45) is 36.1. The van der Waals surface area contributed by atoms with E-state index in [0.29, 0.717) is 25.7 Å². The van der Waals surface area contributed by atoms with Gasteiger partial charge in [0.05, 0.1) is 26.4 Å². The molecule has 0 aromatic carbocycles. The number of carbonyl (C=O) groups is 4. The second-order valence-corrected chi connectivity index (χ2v) is 24.9. The molecular weight excluding hydrogens is 1050 g/mol. The van der Waals surface area contributed by atoms with Gasteiger partial charge in [0.15, 0.2) is 12.2 Å². The number of aliphatic hydroxyl groups is 1. The van der Waals surface area contributed by atoms with E-state index in [4.69, 9.17) is 37.0 Å². The molecule has 0 heterocycles. The minimum absolute atomic E-state index is 0.105. The van der Waals surface area contributed by atoms with Gasteiger partial charge in [-0.1, -0.05) is 247 Å². The van der Waals surface area contributed by atoms with E-state index in [1.807, 2.05) is 0 Å². The largest absolute Gasteiger partial charge is 0.472 e. The minimum atomic E-state index is -4.94. The summed E-state index contributed by atoms with van der Waals surface area (Å²) >= 11 is 0. The van der Waals surface area contributed by atoms with Gasteiger partial charge in [-0.2, -0.15) is 0 Å². The average molecular weight is 1170 g/mol. The topological polar surface area (TPSA) is 237 Å². The van der Waals surface area contributed by atoms with Crippen LogP contribution in [0.4, 0.5) is 0 Å². The lowest BCUT2D eigenvalue weighted by Gasteiger charge is -2.21. The number of rotatable bonds is 60. The third-order valence-corrected chi connectivity index (χ3v) is 16.0. The van der Waals surface area contributed by atoms with Crippen LogP contribution in [-0.2, 0) is 65.4 Å². The first-order valence-corrected chi connectivity index (χ1v) is 34.7. The maximum absolute atomic E-state index is 12.9. The number of ether oxygens (including phenoxy) is 4. The minimum Gasteiger partial charge on any atom is -0.462 e. The predicted molar refractivity (Wildman–Crippen MR) is 312 cm³/mol. The fraction of sp³-hybridized carbons (Fsp3) is 0.933. The number of aliphatic hydroxyl groups excluding tert-OH is 1. The van der Waals surface area contributed by atoms with Gasteiger partial charge in [0.25, 0.3) is 0 Å². The molecule has 3 N–H and O–H groups in total. The van der Waals surface area contributed by atoms with Crippen molar-refractivity contribution in [2.24, 2.45) is 5.92 Å². The first kappa shape index (κ1) is 77.1. The molecule has 0 fully saturated rings. The van der Waals surface area contributed by atoms with Crippen molar-refractivity contribution in [2.75, 3.05) is 39.6 Å². The highest BCUT2D eigenvalue weighted by Crippen LogP contribution is 2.45. The van der Waals surface area contributed by atoms with Crippen molar-refractivity contribution in [3.8, 4) is 0 Å². The third kappa shape index (κ3) is 53.8. The van der Waals surface area contributed by atoms with Gasteiger partial charge >= 0.3 is 39.5 Å².